The van der Waals surface area contributed by atoms with Gasteiger partial charge in [0, 0.05) is 0 Å². The average molecular weight is 376 g/mol. The van der Waals surface area contributed by atoms with Gasteiger partial charge >= 0.3 is 27.7 Å². The Labute approximate surface area is 122 Å². The van der Waals surface area contributed by atoms with Crippen LogP contribution in [0.1, 0.15) is 11.7 Å². The molecular formula is C10H5F9O3S. The predicted octanol–water partition coefficient (Wildman–Crippen LogP) is 4.12. The quantitative estimate of drug-likeness (QED) is 0.451. The summed E-state index contributed by atoms with van der Waals surface area (Å²) in [7, 11) is -6.06. The van der Waals surface area contributed by atoms with Crippen molar-refractivity contribution in [1.29, 1.82) is 0 Å². The molecule has 0 fully saturated rings. The monoisotopic (exact) mass is 376 g/mol. The van der Waals surface area contributed by atoms with Crippen LogP contribution in [0.15, 0.2) is 24.3 Å². The van der Waals surface area contributed by atoms with Gasteiger partial charge in [-0.25, -0.2) is 4.39 Å². The Balaban J connectivity index is 3.03. The molecule has 0 amide bonds. The Bertz CT molecular complexity index is 646. The molecule has 0 N–H and O–H groups in total. The summed E-state index contributed by atoms with van der Waals surface area (Å²) in [4.78, 5) is 0. The van der Waals surface area contributed by atoms with Crippen molar-refractivity contribution in [3.8, 4) is 5.75 Å². The van der Waals surface area contributed by atoms with Crippen molar-refractivity contribution in [2.45, 2.75) is 23.8 Å². The minimum Gasteiger partial charge on any atom is -0.376 e. The fourth-order valence-electron chi connectivity index (χ4n) is 1.22. The third kappa shape index (κ3) is 4.00. The highest BCUT2D eigenvalue weighted by atomic mass is 32.2. The highest BCUT2D eigenvalue weighted by molar-refractivity contribution is 7.87. The highest BCUT2D eigenvalue weighted by Gasteiger charge is 2.63. The maximum absolute atomic E-state index is 13.3. The number of hydrogen-bond donors (Lipinski definition) is 0. The maximum atomic E-state index is 13.3. The Kier molecular flexibility index (Phi) is 4.86. The first-order chi connectivity index (χ1) is 10.1. The summed E-state index contributed by atoms with van der Waals surface area (Å²) in [5, 5.41) is 0. The second-order valence-electron chi connectivity index (χ2n) is 4.04. The maximum Gasteiger partial charge on any atom is 0.534 e. The smallest absolute Gasteiger partial charge is 0.376 e. The molecule has 1 aromatic rings. The van der Waals surface area contributed by atoms with E-state index in [-0.39, 0.29) is 12.1 Å². The van der Waals surface area contributed by atoms with E-state index in [1.165, 1.54) is 0 Å². The number of benzene rings is 1. The summed E-state index contributed by atoms with van der Waals surface area (Å²) in [6, 6.07) is 1.09. The summed E-state index contributed by atoms with van der Waals surface area (Å²) < 4.78 is 136. The van der Waals surface area contributed by atoms with Crippen LogP contribution in [-0.2, 0) is 10.1 Å². The van der Waals surface area contributed by atoms with Crippen LogP contribution >= 0.6 is 0 Å². The summed E-state index contributed by atoms with van der Waals surface area (Å²) in [6.07, 6.45) is -10.0. The van der Waals surface area contributed by atoms with Crippen LogP contribution in [0.3, 0.4) is 0 Å². The summed E-state index contributed by atoms with van der Waals surface area (Å²) >= 11 is 0. The zero-order valence-electron chi connectivity index (χ0n) is 10.4. The number of rotatable bonds is 4. The summed E-state index contributed by atoms with van der Waals surface area (Å²) in [6.45, 7) is 0. The topological polar surface area (TPSA) is 43.4 Å². The molecule has 1 rings (SSSR count). The van der Waals surface area contributed by atoms with E-state index in [2.05, 4.69) is 4.18 Å². The van der Waals surface area contributed by atoms with Gasteiger partial charge in [-0.2, -0.15) is 43.5 Å². The zero-order valence-corrected chi connectivity index (χ0v) is 11.2. The largest absolute Gasteiger partial charge is 0.534 e. The average Bonchev–Trinajstić information content (AvgIpc) is 2.35. The number of hydrogen-bond acceptors (Lipinski definition) is 3. The first-order valence-electron chi connectivity index (χ1n) is 5.29. The summed E-state index contributed by atoms with van der Waals surface area (Å²) in [5.74, 6) is -6.79. The van der Waals surface area contributed by atoms with Crippen molar-refractivity contribution in [2.24, 2.45) is 0 Å². The molecule has 132 valence electrons. The molecule has 13 heteroatoms. The standard InChI is InChI=1S/C10H5F9O3S/c11-7(8(12,13)9(14,15)16)5-1-3-6(4-2-5)22-23(20,21)10(17,18)19/h1-4,7H. The molecule has 1 atom stereocenters. The molecule has 0 aromatic heterocycles. The molecule has 0 spiro atoms. The van der Waals surface area contributed by atoms with Crippen molar-refractivity contribution in [2.75, 3.05) is 0 Å². The van der Waals surface area contributed by atoms with E-state index < -0.39 is 45.2 Å². The normalized spacial score (nSPS) is 15.3. The van der Waals surface area contributed by atoms with Gasteiger partial charge in [0.2, 0.25) is 0 Å². The third-order valence-corrected chi connectivity index (χ3v) is 3.34. The van der Waals surface area contributed by atoms with Crippen LogP contribution in [0, 0.1) is 0 Å². The van der Waals surface area contributed by atoms with Crippen LogP contribution in [0.5, 0.6) is 5.75 Å². The van der Waals surface area contributed by atoms with Crippen LogP contribution in [-0.4, -0.2) is 26.0 Å². The third-order valence-electron chi connectivity index (χ3n) is 2.36. The fourth-order valence-corrected chi connectivity index (χ4v) is 1.68. The van der Waals surface area contributed by atoms with Crippen LogP contribution in [0.4, 0.5) is 39.5 Å². The van der Waals surface area contributed by atoms with E-state index in [1.54, 1.807) is 0 Å². The van der Waals surface area contributed by atoms with Crippen LogP contribution in [0.2, 0.25) is 0 Å². The van der Waals surface area contributed by atoms with Crippen molar-refractivity contribution in [3.05, 3.63) is 29.8 Å². The minimum atomic E-state index is -6.19. The van der Waals surface area contributed by atoms with E-state index in [0.717, 1.165) is 0 Å². The van der Waals surface area contributed by atoms with Crippen molar-refractivity contribution >= 4 is 10.1 Å². The van der Waals surface area contributed by atoms with E-state index in [9.17, 15) is 47.9 Å². The van der Waals surface area contributed by atoms with Gasteiger partial charge in [0.1, 0.15) is 5.75 Å². The molecule has 0 radical (unpaired) electrons. The van der Waals surface area contributed by atoms with Gasteiger partial charge in [-0.15, -0.1) is 0 Å². The van der Waals surface area contributed by atoms with Crippen molar-refractivity contribution in [3.63, 3.8) is 0 Å². The molecule has 23 heavy (non-hydrogen) atoms. The van der Waals surface area contributed by atoms with Crippen molar-refractivity contribution in [1.82, 2.24) is 0 Å². The highest BCUT2D eigenvalue weighted by Crippen LogP contribution is 2.46. The molecule has 0 aliphatic carbocycles. The van der Waals surface area contributed by atoms with E-state index in [4.69, 9.17) is 0 Å². The fraction of sp³-hybridized carbons (Fsp3) is 0.400. The van der Waals surface area contributed by atoms with Gasteiger partial charge in [-0.05, 0) is 17.7 Å². The lowest BCUT2D eigenvalue weighted by molar-refractivity contribution is -0.305. The van der Waals surface area contributed by atoms with Gasteiger partial charge < -0.3 is 4.18 Å². The molecule has 1 unspecified atom stereocenters. The van der Waals surface area contributed by atoms with Gasteiger partial charge in [-0.1, -0.05) is 12.1 Å². The first kappa shape index (κ1) is 19.4. The van der Waals surface area contributed by atoms with Gasteiger partial charge in [0.15, 0.2) is 6.17 Å². The Morgan fingerprint density at radius 2 is 1.30 bits per heavy atom. The molecule has 0 heterocycles. The Hall–Kier alpha value is -1.66. The zero-order chi connectivity index (χ0) is 18.3. The summed E-state index contributed by atoms with van der Waals surface area (Å²) in [5.41, 5.74) is -7.01. The SMILES string of the molecule is O=S(=O)(Oc1ccc(C(F)C(F)(F)C(F)(F)F)cc1)C(F)(F)F. The lowest BCUT2D eigenvalue weighted by Gasteiger charge is -2.23. The lowest BCUT2D eigenvalue weighted by Crippen LogP contribution is -2.40. The lowest BCUT2D eigenvalue weighted by atomic mass is 10.0. The molecule has 3 nitrogen and oxygen atoms in total. The second kappa shape index (κ2) is 5.76. The Morgan fingerprint density at radius 3 is 1.65 bits per heavy atom. The van der Waals surface area contributed by atoms with E-state index in [1.807, 2.05) is 0 Å². The minimum absolute atomic E-state index is 0.242. The van der Waals surface area contributed by atoms with E-state index >= 15 is 0 Å². The van der Waals surface area contributed by atoms with Gasteiger partial charge in [0.05, 0.1) is 0 Å². The molecule has 0 saturated carbocycles. The second-order valence-corrected chi connectivity index (χ2v) is 5.57. The molecule has 0 bridgehead atoms. The predicted molar refractivity (Wildman–Crippen MR) is 56.9 cm³/mol. The molecule has 1 aromatic carbocycles. The first-order valence-corrected chi connectivity index (χ1v) is 6.70. The van der Waals surface area contributed by atoms with Crippen molar-refractivity contribution < 1.29 is 52.1 Å². The molecule has 0 saturated heterocycles. The molecule has 0 aliphatic heterocycles. The molecule has 0 aliphatic rings. The van der Waals surface area contributed by atoms with Crippen LogP contribution in [0.25, 0.3) is 0 Å². The van der Waals surface area contributed by atoms with Gasteiger partial charge in [-0.3, -0.25) is 0 Å². The Morgan fingerprint density at radius 1 is 0.870 bits per heavy atom. The molecular weight excluding hydrogens is 371 g/mol. The van der Waals surface area contributed by atoms with Gasteiger partial charge in [0.25, 0.3) is 0 Å². The number of halogens is 9. The number of alkyl halides is 9. The van der Waals surface area contributed by atoms with E-state index in [0.29, 0.717) is 12.1 Å². The van der Waals surface area contributed by atoms with Crippen LogP contribution < -0.4 is 4.18 Å².